The fourth-order valence-corrected chi connectivity index (χ4v) is 1.24. The first-order chi connectivity index (χ1) is 9.06. The van der Waals surface area contributed by atoms with Crippen LogP contribution in [0.1, 0.15) is 12.8 Å². The van der Waals surface area contributed by atoms with Crippen LogP contribution in [0, 0.1) is 20.2 Å². The molecular formula is C10H12N4O5. The van der Waals surface area contributed by atoms with Crippen molar-refractivity contribution in [2.24, 2.45) is 5.10 Å². The molecule has 0 saturated heterocycles. The van der Waals surface area contributed by atoms with Crippen LogP contribution in [0.15, 0.2) is 23.3 Å². The summed E-state index contributed by atoms with van der Waals surface area (Å²) in [6.07, 6.45) is 2.51. The lowest BCUT2D eigenvalue weighted by atomic mass is 10.2. The van der Waals surface area contributed by atoms with Gasteiger partial charge in [-0.2, -0.15) is 5.10 Å². The maximum atomic E-state index is 10.8. The Bertz CT molecular complexity index is 503. The Morgan fingerprint density at radius 1 is 1.32 bits per heavy atom. The molecule has 0 amide bonds. The van der Waals surface area contributed by atoms with E-state index in [1.165, 1.54) is 12.3 Å². The lowest BCUT2D eigenvalue weighted by molar-refractivity contribution is -0.393. The van der Waals surface area contributed by atoms with E-state index in [1.54, 1.807) is 0 Å². The molecule has 0 aliphatic rings. The van der Waals surface area contributed by atoms with Crippen LogP contribution in [-0.4, -0.2) is 27.8 Å². The first kappa shape index (κ1) is 14.5. The molecular weight excluding hydrogens is 256 g/mol. The van der Waals surface area contributed by atoms with Gasteiger partial charge in [-0.25, -0.2) is 0 Å². The largest absolute Gasteiger partial charge is 0.396 e. The summed E-state index contributed by atoms with van der Waals surface area (Å²) in [6, 6.07) is 3.24. The van der Waals surface area contributed by atoms with E-state index < -0.39 is 15.5 Å². The normalized spacial score (nSPS) is 10.6. The van der Waals surface area contributed by atoms with E-state index in [0.717, 1.165) is 12.1 Å². The second kappa shape index (κ2) is 7.01. The van der Waals surface area contributed by atoms with Gasteiger partial charge in [-0.3, -0.25) is 25.7 Å². The summed E-state index contributed by atoms with van der Waals surface area (Å²) in [5.74, 6) is 0. The number of unbranched alkanes of at least 4 members (excludes halogenated alkanes) is 1. The summed E-state index contributed by atoms with van der Waals surface area (Å²) in [4.78, 5) is 19.9. The van der Waals surface area contributed by atoms with E-state index >= 15 is 0 Å². The molecule has 0 bridgehead atoms. The molecule has 0 aliphatic heterocycles. The molecule has 1 rings (SSSR count). The SMILES string of the molecule is O=[N+]([O-])c1ccc(NN=CCCCO)c([N+](=O)[O-])c1. The van der Waals surface area contributed by atoms with Gasteiger partial charge in [0.2, 0.25) is 0 Å². The van der Waals surface area contributed by atoms with Gasteiger partial charge in [0.1, 0.15) is 5.69 Å². The van der Waals surface area contributed by atoms with Gasteiger partial charge in [0.15, 0.2) is 0 Å². The van der Waals surface area contributed by atoms with Crippen LogP contribution >= 0.6 is 0 Å². The number of hydrogen-bond donors (Lipinski definition) is 2. The molecule has 2 N–H and O–H groups in total. The predicted octanol–water partition coefficient (Wildman–Crippen LogP) is 1.67. The van der Waals surface area contributed by atoms with Crippen molar-refractivity contribution < 1.29 is 15.0 Å². The zero-order valence-corrected chi connectivity index (χ0v) is 9.85. The van der Waals surface area contributed by atoms with E-state index in [9.17, 15) is 20.2 Å². The minimum atomic E-state index is -0.724. The van der Waals surface area contributed by atoms with E-state index in [0.29, 0.717) is 12.8 Å². The molecule has 0 radical (unpaired) electrons. The molecule has 9 heteroatoms. The van der Waals surface area contributed by atoms with Crippen molar-refractivity contribution in [3.8, 4) is 0 Å². The molecule has 1 aromatic rings. The minimum absolute atomic E-state index is 0.0314. The molecule has 0 atom stereocenters. The number of rotatable bonds is 7. The highest BCUT2D eigenvalue weighted by Crippen LogP contribution is 2.28. The standard InChI is InChI=1S/C10H12N4O5/c15-6-2-1-5-11-12-9-4-3-8(13(16)17)7-10(9)14(18)19/h3-5,7,12,15H,1-2,6H2. The number of hydrazone groups is 1. The Hall–Kier alpha value is -2.55. The molecule has 1 aromatic carbocycles. The van der Waals surface area contributed by atoms with Crippen LogP contribution in [0.5, 0.6) is 0 Å². The summed E-state index contributed by atoms with van der Waals surface area (Å²) in [6.45, 7) is 0.0314. The average Bonchev–Trinajstić information content (AvgIpc) is 2.38. The first-order valence-corrected chi connectivity index (χ1v) is 5.37. The van der Waals surface area contributed by atoms with Gasteiger partial charge in [-0.1, -0.05) is 0 Å². The lowest BCUT2D eigenvalue weighted by Crippen LogP contribution is -1.98. The van der Waals surface area contributed by atoms with Gasteiger partial charge in [0, 0.05) is 18.9 Å². The second-order valence-electron chi connectivity index (χ2n) is 3.50. The molecule has 19 heavy (non-hydrogen) atoms. The van der Waals surface area contributed by atoms with Gasteiger partial charge in [-0.15, -0.1) is 0 Å². The molecule has 0 unspecified atom stereocenters. The van der Waals surface area contributed by atoms with Crippen molar-refractivity contribution >= 4 is 23.3 Å². The Balaban J connectivity index is 2.85. The van der Waals surface area contributed by atoms with Crippen LogP contribution < -0.4 is 5.43 Å². The number of hydrogen-bond acceptors (Lipinski definition) is 7. The topological polar surface area (TPSA) is 131 Å². The zero-order valence-electron chi connectivity index (χ0n) is 9.85. The summed E-state index contributed by atoms with van der Waals surface area (Å²) in [7, 11) is 0. The van der Waals surface area contributed by atoms with Gasteiger partial charge in [0.05, 0.1) is 15.9 Å². The van der Waals surface area contributed by atoms with Crippen LogP contribution in [0.3, 0.4) is 0 Å². The van der Waals surface area contributed by atoms with Crippen molar-refractivity contribution in [3.63, 3.8) is 0 Å². The minimum Gasteiger partial charge on any atom is -0.396 e. The highest BCUT2D eigenvalue weighted by Gasteiger charge is 2.18. The smallest absolute Gasteiger partial charge is 0.301 e. The number of non-ortho nitro benzene ring substituents is 1. The van der Waals surface area contributed by atoms with Crippen LogP contribution in [0.25, 0.3) is 0 Å². The van der Waals surface area contributed by atoms with Gasteiger partial charge >= 0.3 is 5.69 Å². The van der Waals surface area contributed by atoms with Crippen LogP contribution in [-0.2, 0) is 0 Å². The van der Waals surface area contributed by atoms with Crippen molar-refractivity contribution in [3.05, 3.63) is 38.4 Å². The summed E-state index contributed by atoms with van der Waals surface area (Å²) in [5.41, 5.74) is 1.73. The third-order valence-electron chi connectivity index (χ3n) is 2.16. The van der Waals surface area contributed by atoms with E-state index in [-0.39, 0.29) is 18.0 Å². The third kappa shape index (κ3) is 4.32. The molecule has 0 fully saturated rings. The van der Waals surface area contributed by atoms with Crippen molar-refractivity contribution in [1.29, 1.82) is 0 Å². The monoisotopic (exact) mass is 268 g/mol. The van der Waals surface area contributed by atoms with E-state index in [1.807, 2.05) is 0 Å². The highest BCUT2D eigenvalue weighted by molar-refractivity contribution is 5.67. The number of benzene rings is 1. The summed E-state index contributed by atoms with van der Waals surface area (Å²) in [5, 5.41) is 33.6. The van der Waals surface area contributed by atoms with E-state index in [2.05, 4.69) is 10.5 Å². The van der Waals surface area contributed by atoms with Crippen LogP contribution in [0.2, 0.25) is 0 Å². The first-order valence-electron chi connectivity index (χ1n) is 5.37. The third-order valence-corrected chi connectivity index (χ3v) is 2.16. The van der Waals surface area contributed by atoms with Gasteiger partial charge in [-0.05, 0) is 18.9 Å². The molecule has 0 spiro atoms. The number of nitro groups is 2. The fraction of sp³-hybridized carbons (Fsp3) is 0.300. The number of anilines is 1. The Labute approximate surface area is 107 Å². The Kier molecular flexibility index (Phi) is 5.35. The number of nitrogens with one attached hydrogen (secondary N) is 1. The number of aliphatic hydroxyl groups excluding tert-OH is 1. The molecule has 0 aliphatic carbocycles. The maximum absolute atomic E-state index is 10.8. The van der Waals surface area contributed by atoms with Crippen molar-refractivity contribution in [2.45, 2.75) is 12.8 Å². The molecule has 0 heterocycles. The average molecular weight is 268 g/mol. The quantitative estimate of drug-likeness (QED) is 0.334. The Morgan fingerprint density at radius 3 is 2.63 bits per heavy atom. The molecule has 9 nitrogen and oxygen atoms in total. The molecule has 0 saturated carbocycles. The summed E-state index contributed by atoms with van der Waals surface area (Å²) >= 11 is 0. The Morgan fingerprint density at radius 2 is 2.05 bits per heavy atom. The molecule has 102 valence electrons. The van der Waals surface area contributed by atoms with Gasteiger partial charge in [0.25, 0.3) is 5.69 Å². The number of aliphatic hydroxyl groups is 1. The van der Waals surface area contributed by atoms with Crippen LogP contribution in [0.4, 0.5) is 17.1 Å². The maximum Gasteiger partial charge on any atom is 0.301 e. The van der Waals surface area contributed by atoms with Crippen molar-refractivity contribution in [1.82, 2.24) is 0 Å². The summed E-state index contributed by atoms with van der Waals surface area (Å²) < 4.78 is 0. The van der Waals surface area contributed by atoms with E-state index in [4.69, 9.17) is 5.11 Å². The number of nitro benzene ring substituents is 2. The zero-order chi connectivity index (χ0) is 14.3. The lowest BCUT2D eigenvalue weighted by Gasteiger charge is -2.01. The predicted molar refractivity (Wildman–Crippen MR) is 68.2 cm³/mol. The van der Waals surface area contributed by atoms with Crippen molar-refractivity contribution in [2.75, 3.05) is 12.0 Å². The fourth-order valence-electron chi connectivity index (χ4n) is 1.24. The number of nitrogens with zero attached hydrogens (tertiary/aromatic N) is 3. The second-order valence-corrected chi connectivity index (χ2v) is 3.50. The highest BCUT2D eigenvalue weighted by atomic mass is 16.6. The van der Waals surface area contributed by atoms with Gasteiger partial charge < -0.3 is 5.11 Å². The molecule has 0 aromatic heterocycles.